The average molecular weight is 972 g/mol. The van der Waals surface area contributed by atoms with Gasteiger partial charge < -0.3 is 40.8 Å². The van der Waals surface area contributed by atoms with Crippen molar-refractivity contribution in [2.75, 3.05) is 16.4 Å². The Bertz CT molecular complexity index is 2510. The Morgan fingerprint density at radius 2 is 0.868 bits per heavy atom. The fourth-order valence-corrected chi connectivity index (χ4v) is 5.28. The van der Waals surface area contributed by atoms with Crippen molar-refractivity contribution in [2.24, 2.45) is 5.73 Å². The van der Waals surface area contributed by atoms with Crippen LogP contribution in [-0.4, -0.2) is 38.4 Å². The minimum atomic E-state index is -4.49. The summed E-state index contributed by atoms with van der Waals surface area (Å²) in [7, 11) is 0. The summed E-state index contributed by atoms with van der Waals surface area (Å²) < 4.78 is 128. The van der Waals surface area contributed by atoms with Gasteiger partial charge in [0.2, 0.25) is 17.3 Å². The highest BCUT2D eigenvalue weighted by atomic mass is 19.4. The number of carbonyl (C=O) groups excluding carboxylic acids is 2. The summed E-state index contributed by atoms with van der Waals surface area (Å²) in [4.78, 5) is 34.2. The van der Waals surface area contributed by atoms with Crippen LogP contribution < -0.4 is 22.1 Å². The van der Waals surface area contributed by atoms with Crippen LogP contribution in [0.2, 0.25) is 0 Å². The quantitative estimate of drug-likeness (QED) is 0.0709. The van der Waals surface area contributed by atoms with Crippen LogP contribution in [0.3, 0.4) is 0 Å². The Labute approximate surface area is 384 Å². The third-order valence-electron chi connectivity index (χ3n) is 9.06. The second-order valence-electron chi connectivity index (χ2n) is 15.3. The molecule has 370 valence electrons. The molecule has 3 aromatic heterocycles. The Balaban J connectivity index is 0.000000324. The number of aromatic nitrogens is 3. The van der Waals surface area contributed by atoms with Crippen LogP contribution in [0.25, 0.3) is 0 Å². The Morgan fingerprint density at radius 3 is 1.16 bits per heavy atom. The summed E-state index contributed by atoms with van der Waals surface area (Å²) in [6.45, 7) is 13.4. The summed E-state index contributed by atoms with van der Waals surface area (Å²) in [5.74, 6) is -2.40. The summed E-state index contributed by atoms with van der Waals surface area (Å²) in [6.07, 6.45) is -13.3. The number of halogens is 9. The van der Waals surface area contributed by atoms with Gasteiger partial charge in [-0.1, -0.05) is 68.8 Å². The normalized spacial score (nSPS) is 11.8. The number of hydrogen-bond donors (Lipinski definition) is 5. The van der Waals surface area contributed by atoms with Crippen LogP contribution in [0.15, 0.2) is 86.4 Å². The number of aryl methyl sites for hydroxylation is 3. The molecule has 0 unspecified atom stereocenters. The first kappa shape index (κ1) is 57.0. The smallest absolute Gasteiger partial charge is 0.416 e. The van der Waals surface area contributed by atoms with E-state index >= 15 is 0 Å². The van der Waals surface area contributed by atoms with Crippen molar-refractivity contribution in [3.05, 3.63) is 141 Å². The first-order valence-corrected chi connectivity index (χ1v) is 19.7. The summed E-state index contributed by atoms with van der Waals surface area (Å²) >= 11 is 0. The number of benzene rings is 3. The number of nitrogens with zero attached hydrogens (tertiary/aromatic N) is 3. The van der Waals surface area contributed by atoms with E-state index in [0.29, 0.717) is 17.1 Å². The van der Waals surface area contributed by atoms with E-state index in [1.54, 1.807) is 6.92 Å². The van der Waals surface area contributed by atoms with Gasteiger partial charge >= 0.3 is 24.5 Å². The van der Waals surface area contributed by atoms with Crippen LogP contribution in [0.5, 0.6) is 0 Å². The molecule has 0 radical (unpaired) electrons. The standard InChI is InChI=1S/C15H15F3N2O2.C14H14F3N3O2.C8H8F3N.C7H9NO3.CH4/c1-8(2)12-7-13(22-20-12)14(21)19-10-5-4-9(3)11(6-10)15(16,17)18;1-7-3-4-9(5-10(7)14(15,16)17)19-13(21)12-6-11(8(2)18)20-22-12;1-5-2-3-6(12)4-7(5)8(9,10)11;1-4(2)5-3-6(7(9)10)11-8-5;/h4-8H,1-3H3,(H,19,21);3-6,8H,18H2,1-2H3,(H,19,21);2-4H,12H2,1H3;3-4H,1-2H3,(H,9,10);1H4/t;8-;;;/m.0.../s1. The molecule has 0 aliphatic carbocycles. The molecule has 23 heteroatoms. The Kier molecular flexibility index (Phi) is 19.7. The van der Waals surface area contributed by atoms with Gasteiger partial charge in [-0.25, -0.2) is 4.79 Å². The lowest BCUT2D eigenvalue weighted by atomic mass is 10.1. The largest absolute Gasteiger partial charge is 0.475 e. The van der Waals surface area contributed by atoms with Gasteiger partial charge in [0.15, 0.2) is 0 Å². The molecule has 0 saturated heterocycles. The molecular weight excluding hydrogens is 922 g/mol. The van der Waals surface area contributed by atoms with E-state index in [1.807, 2.05) is 27.7 Å². The lowest BCUT2D eigenvalue weighted by Crippen LogP contribution is -2.13. The zero-order chi connectivity index (χ0) is 50.8. The van der Waals surface area contributed by atoms with Gasteiger partial charge in [0.25, 0.3) is 11.8 Å². The number of nitrogen functional groups attached to an aromatic ring is 1. The van der Waals surface area contributed by atoms with Crippen molar-refractivity contribution in [1.29, 1.82) is 0 Å². The number of carbonyl (C=O) groups is 3. The molecule has 68 heavy (non-hydrogen) atoms. The van der Waals surface area contributed by atoms with E-state index in [2.05, 4.69) is 30.6 Å². The fraction of sp³-hybridized carbons (Fsp3) is 0.333. The molecule has 1 atom stereocenters. The first-order chi connectivity index (χ1) is 30.9. The zero-order valence-corrected chi connectivity index (χ0v) is 37.0. The molecule has 7 N–H and O–H groups in total. The number of carboxylic acid groups (broad SMARTS) is 1. The lowest BCUT2D eigenvalue weighted by Gasteiger charge is -2.12. The molecule has 14 nitrogen and oxygen atoms in total. The number of carboxylic acids is 1. The average Bonchev–Trinajstić information content (AvgIpc) is 4.02. The van der Waals surface area contributed by atoms with E-state index in [9.17, 15) is 53.9 Å². The molecule has 0 aliphatic rings. The number of hydrogen-bond acceptors (Lipinski definition) is 11. The summed E-state index contributed by atoms with van der Waals surface area (Å²) in [6, 6.07) is 14.7. The molecule has 0 fully saturated rings. The third-order valence-corrected chi connectivity index (χ3v) is 9.06. The highest BCUT2D eigenvalue weighted by molar-refractivity contribution is 6.03. The van der Waals surface area contributed by atoms with E-state index < -0.39 is 59.0 Å². The van der Waals surface area contributed by atoms with Gasteiger partial charge in [0.1, 0.15) is 5.69 Å². The van der Waals surface area contributed by atoms with Crippen LogP contribution in [0.4, 0.5) is 56.6 Å². The van der Waals surface area contributed by atoms with Gasteiger partial charge in [-0.2, -0.15) is 39.5 Å². The monoisotopic (exact) mass is 971 g/mol. The second-order valence-corrected chi connectivity index (χ2v) is 15.3. The maximum Gasteiger partial charge on any atom is 0.416 e. The van der Waals surface area contributed by atoms with Crippen molar-refractivity contribution in [3.63, 3.8) is 0 Å². The molecular formula is C45H50F9N7O7. The Hall–Kier alpha value is -7.17. The number of aromatic carboxylic acids is 1. The molecule has 0 bridgehead atoms. The van der Waals surface area contributed by atoms with Gasteiger partial charge in [-0.3, -0.25) is 9.59 Å². The summed E-state index contributed by atoms with van der Waals surface area (Å²) in [5.41, 5.74) is 10.8. The predicted octanol–water partition coefficient (Wildman–Crippen LogP) is 12.4. The van der Waals surface area contributed by atoms with Crippen LogP contribution in [0, 0.1) is 20.8 Å². The molecule has 2 amide bonds. The third kappa shape index (κ3) is 16.6. The summed E-state index contributed by atoms with van der Waals surface area (Å²) in [5, 5.41) is 24.1. The molecule has 3 heterocycles. The lowest BCUT2D eigenvalue weighted by molar-refractivity contribution is -0.138. The molecule has 6 rings (SSSR count). The van der Waals surface area contributed by atoms with Crippen molar-refractivity contribution in [3.8, 4) is 0 Å². The van der Waals surface area contributed by atoms with Crippen molar-refractivity contribution < 1.29 is 72.6 Å². The number of nitrogens with two attached hydrogens (primary N) is 2. The zero-order valence-electron chi connectivity index (χ0n) is 37.0. The molecule has 0 spiro atoms. The van der Waals surface area contributed by atoms with E-state index in [0.717, 1.165) is 18.2 Å². The minimum Gasteiger partial charge on any atom is -0.475 e. The number of nitrogens with one attached hydrogen (secondary N) is 2. The fourth-order valence-electron chi connectivity index (χ4n) is 5.28. The SMILES string of the molecule is C.CC(C)c1cc(C(=O)O)on1.Cc1ccc(N)cc1C(F)(F)F.Cc1ccc(NC(=O)c2cc(C(C)C)no2)cc1C(F)(F)F.Cc1ccc(NC(=O)c2cc([C@H](C)N)no2)cc1C(F)(F)F. The topological polar surface area (TPSA) is 226 Å². The van der Waals surface area contributed by atoms with E-state index in [1.165, 1.54) is 75.4 Å². The number of alkyl halides is 9. The molecule has 0 saturated carbocycles. The van der Waals surface area contributed by atoms with Crippen LogP contribution in [0.1, 0.15) is 142 Å². The predicted molar refractivity (Wildman–Crippen MR) is 233 cm³/mol. The first-order valence-electron chi connectivity index (χ1n) is 19.7. The van der Waals surface area contributed by atoms with Gasteiger partial charge in [0, 0.05) is 41.3 Å². The van der Waals surface area contributed by atoms with Gasteiger partial charge in [-0.15, -0.1) is 0 Å². The van der Waals surface area contributed by atoms with E-state index in [-0.39, 0.29) is 70.3 Å². The van der Waals surface area contributed by atoms with Crippen LogP contribution >= 0.6 is 0 Å². The minimum absolute atomic E-state index is 0. The van der Waals surface area contributed by atoms with E-state index in [4.69, 9.17) is 25.6 Å². The van der Waals surface area contributed by atoms with Crippen molar-refractivity contribution >= 4 is 34.8 Å². The second kappa shape index (κ2) is 23.5. The highest BCUT2D eigenvalue weighted by Crippen LogP contribution is 2.35. The maximum absolute atomic E-state index is 12.8. The molecule has 6 aromatic rings. The van der Waals surface area contributed by atoms with Crippen molar-refractivity contribution in [1.82, 2.24) is 15.5 Å². The maximum atomic E-state index is 12.8. The molecule has 0 aliphatic heterocycles. The van der Waals surface area contributed by atoms with Crippen molar-refractivity contribution in [2.45, 2.75) is 99.2 Å². The van der Waals surface area contributed by atoms with Crippen LogP contribution in [-0.2, 0) is 18.5 Å². The number of anilines is 3. The molecule has 3 aromatic carbocycles. The number of amides is 2. The highest BCUT2D eigenvalue weighted by Gasteiger charge is 2.34. The number of rotatable bonds is 8. The van der Waals surface area contributed by atoms with Gasteiger partial charge in [-0.05, 0) is 92.6 Å². The van der Waals surface area contributed by atoms with Gasteiger partial charge in [0.05, 0.1) is 28.1 Å². The Morgan fingerprint density at radius 1 is 0.544 bits per heavy atom.